The summed E-state index contributed by atoms with van der Waals surface area (Å²) < 4.78 is 24.6. The summed E-state index contributed by atoms with van der Waals surface area (Å²) in [5, 5.41) is 0. The normalized spacial score (nSPS) is 22.6. The minimum atomic E-state index is -1.38. The van der Waals surface area contributed by atoms with Crippen molar-refractivity contribution in [1.82, 2.24) is 0 Å². The summed E-state index contributed by atoms with van der Waals surface area (Å²) in [5.41, 5.74) is 0. The molecule has 0 amide bonds. The molecule has 0 aromatic rings. The minimum Gasteiger partial charge on any atom is -1.00 e. The molecule has 0 aromatic carbocycles. The average Bonchev–Trinajstić information content (AvgIpc) is 3.40. The van der Waals surface area contributed by atoms with Gasteiger partial charge >= 0.3 is 49.3 Å². The molecule has 25 heavy (non-hydrogen) atoms. The molecule has 0 radical (unpaired) electrons. The Labute approximate surface area is 176 Å². The van der Waals surface area contributed by atoms with E-state index in [1.807, 2.05) is 6.92 Å². The van der Waals surface area contributed by atoms with Crippen molar-refractivity contribution in [2.45, 2.75) is 53.1 Å². The summed E-state index contributed by atoms with van der Waals surface area (Å²) in [6.45, 7) is 11.2. The van der Waals surface area contributed by atoms with Crippen LogP contribution in [0.4, 0.5) is 0 Å². The molecular weight excluding hydrogens is 354 g/mol. The van der Waals surface area contributed by atoms with Crippen molar-refractivity contribution in [1.29, 1.82) is 0 Å². The van der Waals surface area contributed by atoms with Gasteiger partial charge in [-0.05, 0) is 32.6 Å². The van der Waals surface area contributed by atoms with E-state index in [0.29, 0.717) is 25.2 Å². The Bertz CT molecular complexity index is 407. The second kappa shape index (κ2) is 16.2. The summed E-state index contributed by atoms with van der Waals surface area (Å²) in [4.78, 5) is 21.4. The molecule has 2 rings (SSSR count). The van der Waals surface area contributed by atoms with Crippen LogP contribution in [-0.2, 0) is 28.4 Å². The topological polar surface area (TPSA) is 82.2 Å². The largest absolute Gasteiger partial charge is 1.00 e. The predicted octanol–water partition coefficient (Wildman–Crippen LogP) is 0.514. The zero-order valence-corrected chi connectivity index (χ0v) is 19.5. The third-order valence-electron chi connectivity index (χ3n) is 3.55. The SMILES string of the molecule is CCOC(=O)C[P+](C)=O.CCOC(=O)[C@@H]1C[C@H]1CC.CC[C@H]1CO1.[H-].[Na+]. The molecular formula is C17H33NaO6P+. The van der Waals surface area contributed by atoms with E-state index in [0.717, 1.165) is 19.4 Å². The van der Waals surface area contributed by atoms with Gasteiger partial charge in [-0.2, -0.15) is 0 Å². The van der Waals surface area contributed by atoms with Crippen LogP contribution in [0.15, 0.2) is 0 Å². The Kier molecular flexibility index (Phi) is 17.6. The number of hydrogen-bond donors (Lipinski definition) is 0. The number of carbonyl (C=O) groups excluding carboxylic acids is 2. The van der Waals surface area contributed by atoms with Crippen molar-refractivity contribution in [3.63, 3.8) is 0 Å². The van der Waals surface area contributed by atoms with E-state index in [-0.39, 0.29) is 55.0 Å². The van der Waals surface area contributed by atoms with Gasteiger partial charge in [-0.1, -0.05) is 24.8 Å². The van der Waals surface area contributed by atoms with E-state index in [1.54, 1.807) is 6.92 Å². The molecule has 2 aliphatic rings. The van der Waals surface area contributed by atoms with Crippen LogP contribution in [0, 0.1) is 11.8 Å². The Hall–Kier alpha value is -0.000000000000000222. The molecule has 0 aromatic heterocycles. The smallest absolute Gasteiger partial charge is 1.00 e. The van der Waals surface area contributed by atoms with Gasteiger partial charge in [-0.3, -0.25) is 4.79 Å². The molecule has 1 aliphatic heterocycles. The molecule has 1 unspecified atom stereocenters. The van der Waals surface area contributed by atoms with Gasteiger partial charge in [0.05, 0.1) is 31.8 Å². The molecule has 6 nitrogen and oxygen atoms in total. The fraction of sp³-hybridized carbons (Fsp3) is 0.882. The van der Waals surface area contributed by atoms with E-state index in [1.165, 1.54) is 13.1 Å². The first-order valence-corrected chi connectivity index (χ1v) is 10.6. The molecule has 1 saturated carbocycles. The maximum absolute atomic E-state index is 11.0. The molecule has 0 spiro atoms. The first kappa shape index (κ1) is 27.2. The Morgan fingerprint density at radius 1 is 1.12 bits per heavy atom. The van der Waals surface area contributed by atoms with E-state index in [2.05, 4.69) is 18.6 Å². The van der Waals surface area contributed by atoms with Crippen LogP contribution in [-0.4, -0.2) is 50.7 Å². The molecule has 8 heteroatoms. The predicted molar refractivity (Wildman–Crippen MR) is 94.7 cm³/mol. The third-order valence-corrected chi connectivity index (χ3v) is 4.25. The summed E-state index contributed by atoms with van der Waals surface area (Å²) in [7, 11) is -1.38. The van der Waals surface area contributed by atoms with Crippen LogP contribution in [0.25, 0.3) is 0 Å². The minimum absolute atomic E-state index is 0. The molecule has 2 fully saturated rings. The Morgan fingerprint density at radius 2 is 1.68 bits per heavy atom. The van der Waals surface area contributed by atoms with Crippen molar-refractivity contribution in [3.05, 3.63) is 0 Å². The van der Waals surface area contributed by atoms with Gasteiger partial charge in [0, 0.05) is 0 Å². The number of carbonyl (C=O) groups is 2. The Morgan fingerprint density at radius 3 is 1.96 bits per heavy atom. The van der Waals surface area contributed by atoms with Crippen LogP contribution in [0.3, 0.4) is 0 Å². The number of ether oxygens (including phenoxy) is 3. The van der Waals surface area contributed by atoms with Gasteiger partial charge in [0.15, 0.2) is 0 Å². The van der Waals surface area contributed by atoms with Gasteiger partial charge in [-0.25, -0.2) is 4.79 Å². The molecule has 142 valence electrons. The zero-order valence-electron chi connectivity index (χ0n) is 17.6. The average molecular weight is 387 g/mol. The standard InChI is InChI=1S/C8H14O2.C5H10O3P.C4H8O.Na.H/c1-3-6-5-7(6)8(9)10-4-2;1-3-8-5(6)4-9(2)7;1-2-4-3-5-4;;/h6-7H,3-5H2,1-2H3;3-4H2,1-2H3;4H,2-3H2,1H3;;/q;+1;;+1;-1/t6-,7-;;4-;;/m1.0../s1. The zero-order chi connectivity index (χ0) is 18.5. The van der Waals surface area contributed by atoms with Crippen molar-refractivity contribution in [2.75, 3.05) is 32.6 Å². The van der Waals surface area contributed by atoms with Crippen LogP contribution < -0.4 is 29.6 Å². The van der Waals surface area contributed by atoms with Gasteiger partial charge in [-0.15, -0.1) is 0 Å². The molecule has 0 bridgehead atoms. The number of epoxide rings is 1. The van der Waals surface area contributed by atoms with Crippen LogP contribution in [0.5, 0.6) is 0 Å². The number of rotatable bonds is 7. The monoisotopic (exact) mass is 387 g/mol. The second-order valence-electron chi connectivity index (χ2n) is 5.72. The van der Waals surface area contributed by atoms with Crippen LogP contribution in [0.2, 0.25) is 0 Å². The van der Waals surface area contributed by atoms with E-state index >= 15 is 0 Å². The van der Waals surface area contributed by atoms with E-state index < -0.39 is 7.80 Å². The summed E-state index contributed by atoms with van der Waals surface area (Å²) in [5.74, 6) is 0.500. The maximum atomic E-state index is 11.0. The number of esters is 2. The van der Waals surface area contributed by atoms with Gasteiger partial charge in [0.2, 0.25) is 6.16 Å². The summed E-state index contributed by atoms with van der Waals surface area (Å²) in [6, 6.07) is 0. The fourth-order valence-electron chi connectivity index (χ4n) is 1.93. The van der Waals surface area contributed by atoms with Gasteiger partial charge < -0.3 is 15.6 Å². The van der Waals surface area contributed by atoms with E-state index in [4.69, 9.17) is 9.47 Å². The maximum Gasteiger partial charge on any atom is 1.00 e. The molecule has 0 N–H and O–H groups in total. The summed E-state index contributed by atoms with van der Waals surface area (Å²) in [6.07, 6.45) is 4.04. The van der Waals surface area contributed by atoms with Crippen molar-refractivity contribution in [3.8, 4) is 0 Å². The first-order valence-electron chi connectivity index (χ1n) is 8.71. The van der Waals surface area contributed by atoms with Gasteiger partial charge in [0.1, 0.15) is 6.66 Å². The van der Waals surface area contributed by atoms with Crippen LogP contribution >= 0.6 is 7.80 Å². The fourth-order valence-corrected chi connectivity index (χ4v) is 2.38. The molecule has 1 aliphatic carbocycles. The summed E-state index contributed by atoms with van der Waals surface area (Å²) >= 11 is 0. The van der Waals surface area contributed by atoms with Crippen LogP contribution in [0.1, 0.15) is 48.4 Å². The Balaban J connectivity index is -0.000000307. The van der Waals surface area contributed by atoms with Crippen molar-refractivity contribution in [2.24, 2.45) is 11.8 Å². The molecule has 1 heterocycles. The van der Waals surface area contributed by atoms with Gasteiger partial charge in [0.25, 0.3) is 0 Å². The van der Waals surface area contributed by atoms with E-state index in [9.17, 15) is 14.2 Å². The molecule has 4 atom stereocenters. The molecule has 1 saturated heterocycles. The number of hydrogen-bond acceptors (Lipinski definition) is 6. The third kappa shape index (κ3) is 15.9. The first-order chi connectivity index (χ1) is 11.4. The van der Waals surface area contributed by atoms with Crippen molar-refractivity contribution < 1.29 is 59.3 Å². The quantitative estimate of drug-likeness (QED) is 0.274. The van der Waals surface area contributed by atoms with Crippen molar-refractivity contribution >= 4 is 19.7 Å². The second-order valence-corrected chi connectivity index (χ2v) is 7.29.